The lowest BCUT2D eigenvalue weighted by Crippen LogP contribution is -2.20. The van der Waals surface area contributed by atoms with Crippen molar-refractivity contribution in [3.05, 3.63) is 30.1 Å². The van der Waals surface area contributed by atoms with Gasteiger partial charge in [-0.15, -0.1) is 0 Å². The number of carboxylic acids is 2. The molecule has 0 radical (unpaired) electrons. The van der Waals surface area contributed by atoms with Crippen molar-refractivity contribution in [2.75, 3.05) is 20.3 Å². The Morgan fingerprint density at radius 2 is 2.05 bits per heavy atom. The van der Waals surface area contributed by atoms with E-state index in [4.69, 9.17) is 19.8 Å². The zero-order valence-corrected chi connectivity index (χ0v) is 11.9. The molecular weight excluding hydrogens is 279 g/mol. The molecule has 1 aromatic heterocycles. The van der Waals surface area contributed by atoms with E-state index >= 15 is 0 Å². The van der Waals surface area contributed by atoms with E-state index in [0.29, 0.717) is 12.0 Å². The fourth-order valence-corrected chi connectivity index (χ4v) is 2.61. The zero-order chi connectivity index (χ0) is 16.0. The van der Waals surface area contributed by atoms with Crippen LogP contribution in [0, 0.1) is 11.8 Å². The summed E-state index contributed by atoms with van der Waals surface area (Å²) in [5, 5.41) is 14.8. The zero-order valence-electron chi connectivity index (χ0n) is 11.9. The van der Waals surface area contributed by atoms with Crippen LogP contribution in [0.5, 0.6) is 0 Å². The van der Waals surface area contributed by atoms with Crippen molar-refractivity contribution in [2.45, 2.75) is 13.0 Å². The molecule has 0 bridgehead atoms. The maximum absolute atomic E-state index is 12.8. The highest BCUT2D eigenvalue weighted by molar-refractivity contribution is 6.27. The van der Waals surface area contributed by atoms with Gasteiger partial charge in [0.2, 0.25) is 0 Å². The van der Waals surface area contributed by atoms with E-state index < -0.39 is 11.9 Å². The topological polar surface area (TPSA) is 90.7 Å². The second-order valence-corrected chi connectivity index (χ2v) is 5.05. The molecule has 2 rings (SSSR count). The summed E-state index contributed by atoms with van der Waals surface area (Å²) in [6.45, 7) is 2.75. The number of rotatable bonds is 2. The van der Waals surface area contributed by atoms with Crippen LogP contribution in [0.4, 0.5) is 4.39 Å². The Morgan fingerprint density at radius 3 is 2.43 bits per heavy atom. The Morgan fingerprint density at radius 1 is 1.43 bits per heavy atom. The van der Waals surface area contributed by atoms with Crippen LogP contribution in [0.1, 0.15) is 18.5 Å². The molecule has 0 saturated carbocycles. The van der Waals surface area contributed by atoms with Gasteiger partial charge in [-0.1, -0.05) is 13.0 Å². The number of hydrogen-bond acceptors (Lipinski definition) is 4. The molecule has 0 amide bonds. The molecule has 6 nitrogen and oxygen atoms in total. The first kappa shape index (κ1) is 17.0. The molecule has 2 heterocycles. The predicted molar refractivity (Wildman–Crippen MR) is 73.5 cm³/mol. The molecular formula is C14H19FN2O4. The third-order valence-corrected chi connectivity index (χ3v) is 3.65. The van der Waals surface area contributed by atoms with Crippen LogP contribution in [0.15, 0.2) is 24.5 Å². The number of carboxylic acid groups (broad SMARTS) is 2. The minimum Gasteiger partial charge on any atom is -0.473 e. The van der Waals surface area contributed by atoms with Gasteiger partial charge in [-0.05, 0) is 24.6 Å². The molecule has 1 aliphatic heterocycles. The summed E-state index contributed by atoms with van der Waals surface area (Å²) < 4.78 is 12.8. The minimum absolute atomic E-state index is 0.167. The summed E-state index contributed by atoms with van der Waals surface area (Å²) in [6.07, 6.45) is 3.66. The Balaban J connectivity index is 0.000000315. The standard InChI is InChI=1S/C12H17FN2.C2H2O4/c1-9-11(6-13)8-15(2)12(9)10-4-3-5-14-7-10;3-1(4)2(5)6/h3-5,7,9,11-12H,6,8H2,1-2H3;(H,3,4)(H,5,6)/t9?,11?,12-;/m0./s1. The molecule has 0 aliphatic carbocycles. The van der Waals surface area contributed by atoms with E-state index in [1.165, 1.54) is 5.56 Å². The lowest BCUT2D eigenvalue weighted by atomic mass is 9.90. The molecule has 21 heavy (non-hydrogen) atoms. The van der Waals surface area contributed by atoms with Gasteiger partial charge in [0, 0.05) is 30.9 Å². The third-order valence-electron chi connectivity index (χ3n) is 3.65. The number of hydrogen-bond donors (Lipinski definition) is 2. The largest absolute Gasteiger partial charge is 0.473 e. The fraction of sp³-hybridized carbons (Fsp3) is 0.500. The summed E-state index contributed by atoms with van der Waals surface area (Å²) in [5.74, 6) is -3.12. The first-order chi connectivity index (χ1) is 9.88. The highest BCUT2D eigenvalue weighted by atomic mass is 19.1. The Bertz CT molecular complexity index is 471. The highest BCUT2D eigenvalue weighted by Crippen LogP contribution is 2.39. The van der Waals surface area contributed by atoms with Crippen LogP contribution >= 0.6 is 0 Å². The summed E-state index contributed by atoms with van der Waals surface area (Å²) in [6, 6.07) is 4.34. The normalized spacial score (nSPS) is 25.0. The van der Waals surface area contributed by atoms with Crippen LogP contribution in [-0.4, -0.2) is 52.3 Å². The maximum Gasteiger partial charge on any atom is 0.414 e. The monoisotopic (exact) mass is 298 g/mol. The van der Waals surface area contributed by atoms with Gasteiger partial charge in [-0.25, -0.2) is 9.59 Å². The molecule has 0 aromatic carbocycles. The number of alkyl halides is 1. The summed E-state index contributed by atoms with van der Waals surface area (Å²) >= 11 is 0. The average molecular weight is 298 g/mol. The molecule has 1 aliphatic rings. The van der Waals surface area contributed by atoms with Crippen LogP contribution < -0.4 is 0 Å². The van der Waals surface area contributed by atoms with Crippen LogP contribution in [-0.2, 0) is 9.59 Å². The van der Waals surface area contributed by atoms with E-state index in [-0.39, 0.29) is 12.6 Å². The second-order valence-electron chi connectivity index (χ2n) is 5.05. The van der Waals surface area contributed by atoms with Gasteiger partial charge in [0.1, 0.15) is 0 Å². The van der Waals surface area contributed by atoms with E-state index in [0.717, 1.165) is 6.54 Å². The van der Waals surface area contributed by atoms with E-state index in [1.54, 1.807) is 6.20 Å². The van der Waals surface area contributed by atoms with Crippen molar-refractivity contribution in [1.82, 2.24) is 9.88 Å². The molecule has 2 N–H and O–H groups in total. The van der Waals surface area contributed by atoms with Gasteiger partial charge in [-0.2, -0.15) is 0 Å². The summed E-state index contributed by atoms with van der Waals surface area (Å²) in [5.41, 5.74) is 1.20. The molecule has 1 aromatic rings. The number of aromatic nitrogens is 1. The maximum atomic E-state index is 12.8. The molecule has 7 heteroatoms. The molecule has 0 spiro atoms. The Kier molecular flexibility index (Phi) is 6.23. The van der Waals surface area contributed by atoms with Gasteiger partial charge < -0.3 is 10.2 Å². The minimum atomic E-state index is -1.82. The third kappa shape index (κ3) is 4.49. The number of halogens is 1. The van der Waals surface area contributed by atoms with Crippen molar-refractivity contribution < 1.29 is 24.2 Å². The van der Waals surface area contributed by atoms with Gasteiger partial charge in [0.05, 0.1) is 6.67 Å². The average Bonchev–Trinajstić information content (AvgIpc) is 2.74. The van der Waals surface area contributed by atoms with E-state index in [1.807, 2.05) is 12.3 Å². The van der Waals surface area contributed by atoms with E-state index in [9.17, 15) is 4.39 Å². The lowest BCUT2D eigenvalue weighted by Gasteiger charge is -2.23. The predicted octanol–water partition coefficient (Wildman–Crippen LogP) is 1.45. The molecule has 3 atom stereocenters. The van der Waals surface area contributed by atoms with Crippen molar-refractivity contribution in [2.24, 2.45) is 11.8 Å². The van der Waals surface area contributed by atoms with Crippen LogP contribution in [0.25, 0.3) is 0 Å². The quantitative estimate of drug-likeness (QED) is 0.803. The first-order valence-electron chi connectivity index (χ1n) is 6.50. The fourth-order valence-electron chi connectivity index (χ4n) is 2.61. The molecule has 1 saturated heterocycles. The molecule has 116 valence electrons. The van der Waals surface area contributed by atoms with E-state index in [2.05, 4.69) is 29.9 Å². The number of likely N-dealkylation sites (tertiary alicyclic amines) is 1. The van der Waals surface area contributed by atoms with Crippen molar-refractivity contribution >= 4 is 11.9 Å². The number of aliphatic carboxylic acids is 2. The first-order valence-corrected chi connectivity index (χ1v) is 6.50. The Hall–Kier alpha value is -2.02. The van der Waals surface area contributed by atoms with Crippen LogP contribution in [0.2, 0.25) is 0 Å². The second kappa shape index (κ2) is 7.68. The Labute approximate surface area is 122 Å². The highest BCUT2D eigenvalue weighted by Gasteiger charge is 2.37. The summed E-state index contributed by atoms with van der Waals surface area (Å²) in [7, 11) is 2.06. The van der Waals surface area contributed by atoms with Gasteiger partial charge in [0.15, 0.2) is 0 Å². The smallest absolute Gasteiger partial charge is 0.414 e. The molecule has 2 unspecified atom stereocenters. The number of nitrogens with zero attached hydrogens (tertiary/aromatic N) is 2. The molecule has 1 fully saturated rings. The van der Waals surface area contributed by atoms with Gasteiger partial charge in [-0.3, -0.25) is 14.3 Å². The van der Waals surface area contributed by atoms with Gasteiger partial charge in [0.25, 0.3) is 0 Å². The summed E-state index contributed by atoms with van der Waals surface area (Å²) in [4.78, 5) is 24.6. The number of pyridine rings is 1. The van der Waals surface area contributed by atoms with Crippen molar-refractivity contribution in [3.63, 3.8) is 0 Å². The van der Waals surface area contributed by atoms with Crippen molar-refractivity contribution in [3.8, 4) is 0 Å². The van der Waals surface area contributed by atoms with Crippen LogP contribution in [0.3, 0.4) is 0 Å². The number of carbonyl (C=O) groups is 2. The SMILES string of the molecule is CC1C(CF)CN(C)[C@@H]1c1cccnc1.O=C(O)C(=O)O. The lowest BCUT2D eigenvalue weighted by molar-refractivity contribution is -0.159. The van der Waals surface area contributed by atoms with Crippen molar-refractivity contribution in [1.29, 1.82) is 0 Å². The van der Waals surface area contributed by atoms with Gasteiger partial charge >= 0.3 is 11.9 Å².